The first-order valence-corrected chi connectivity index (χ1v) is 6.22. The highest BCUT2D eigenvalue weighted by Crippen LogP contribution is 2.42. The molecular weight excluding hydrogens is 238 g/mol. The molecule has 2 aromatic rings. The smallest absolute Gasteiger partial charge is 0.290 e. The Bertz CT molecular complexity index is 530. The number of nitrogens with two attached hydrogens (primary N) is 1. The Morgan fingerprint density at radius 1 is 0.947 bits per heavy atom. The SMILES string of the molecule is NC1(c2ccc(-c3ccccc3)cc2)CC1.O=CO. The van der Waals surface area contributed by atoms with Gasteiger partial charge >= 0.3 is 0 Å². The van der Waals surface area contributed by atoms with Crippen molar-refractivity contribution in [3.05, 3.63) is 60.2 Å². The van der Waals surface area contributed by atoms with Gasteiger partial charge in [0.2, 0.25) is 0 Å². The second kappa shape index (κ2) is 5.67. The van der Waals surface area contributed by atoms with Crippen LogP contribution in [0.2, 0.25) is 0 Å². The molecule has 0 atom stereocenters. The molecule has 0 aliphatic heterocycles. The summed E-state index contributed by atoms with van der Waals surface area (Å²) < 4.78 is 0. The summed E-state index contributed by atoms with van der Waals surface area (Å²) in [6.45, 7) is -0.250. The summed E-state index contributed by atoms with van der Waals surface area (Å²) in [7, 11) is 0. The van der Waals surface area contributed by atoms with Crippen LogP contribution in [0, 0.1) is 0 Å². The molecule has 1 fully saturated rings. The molecule has 0 aromatic heterocycles. The molecule has 0 spiro atoms. The molecule has 3 heteroatoms. The number of benzene rings is 2. The highest BCUT2D eigenvalue weighted by atomic mass is 16.3. The second-order valence-corrected chi connectivity index (χ2v) is 4.70. The fraction of sp³-hybridized carbons (Fsp3) is 0.188. The standard InChI is InChI=1S/C15H15N.CH2O2/c16-15(10-11-15)14-8-6-13(7-9-14)12-4-2-1-3-5-12;2-1-3/h1-9H,10-11,16H2;1H,(H,2,3). The van der Waals surface area contributed by atoms with Gasteiger partial charge in [-0.25, -0.2) is 0 Å². The molecule has 0 bridgehead atoms. The van der Waals surface area contributed by atoms with E-state index in [1.54, 1.807) is 0 Å². The summed E-state index contributed by atoms with van der Waals surface area (Å²) in [5.41, 5.74) is 9.93. The molecule has 1 aliphatic rings. The minimum Gasteiger partial charge on any atom is -0.483 e. The van der Waals surface area contributed by atoms with Gasteiger partial charge in [-0.1, -0.05) is 54.6 Å². The summed E-state index contributed by atoms with van der Waals surface area (Å²) in [5.74, 6) is 0. The van der Waals surface area contributed by atoms with Crippen molar-refractivity contribution in [2.24, 2.45) is 5.73 Å². The van der Waals surface area contributed by atoms with Crippen molar-refractivity contribution in [2.45, 2.75) is 18.4 Å². The van der Waals surface area contributed by atoms with Crippen LogP contribution in [0.25, 0.3) is 11.1 Å². The van der Waals surface area contributed by atoms with Gasteiger partial charge < -0.3 is 10.8 Å². The first kappa shape index (κ1) is 13.3. The van der Waals surface area contributed by atoms with Crippen LogP contribution in [-0.4, -0.2) is 11.6 Å². The Hall–Kier alpha value is -2.13. The van der Waals surface area contributed by atoms with Gasteiger partial charge in [-0.3, -0.25) is 4.79 Å². The van der Waals surface area contributed by atoms with Crippen molar-refractivity contribution in [2.75, 3.05) is 0 Å². The number of hydrogen-bond acceptors (Lipinski definition) is 2. The molecule has 2 aromatic carbocycles. The van der Waals surface area contributed by atoms with E-state index in [0.29, 0.717) is 0 Å². The molecule has 0 saturated heterocycles. The number of carboxylic acid groups (broad SMARTS) is 1. The van der Waals surface area contributed by atoms with Gasteiger partial charge in [0.25, 0.3) is 6.47 Å². The lowest BCUT2D eigenvalue weighted by Crippen LogP contribution is -2.18. The zero-order valence-electron chi connectivity index (χ0n) is 10.6. The first-order chi connectivity index (χ1) is 9.19. The van der Waals surface area contributed by atoms with Crippen molar-refractivity contribution >= 4 is 6.47 Å². The van der Waals surface area contributed by atoms with E-state index in [1.807, 2.05) is 6.07 Å². The van der Waals surface area contributed by atoms with Crippen LogP contribution in [0.5, 0.6) is 0 Å². The normalized spacial score (nSPS) is 15.0. The molecule has 1 aliphatic carbocycles. The average Bonchev–Trinajstić information content (AvgIpc) is 3.20. The van der Waals surface area contributed by atoms with E-state index in [1.165, 1.54) is 16.7 Å². The summed E-state index contributed by atoms with van der Waals surface area (Å²) in [5, 5.41) is 6.89. The van der Waals surface area contributed by atoms with E-state index in [4.69, 9.17) is 15.6 Å². The van der Waals surface area contributed by atoms with E-state index >= 15 is 0 Å². The molecule has 3 N–H and O–H groups in total. The van der Waals surface area contributed by atoms with Gasteiger partial charge in [-0.2, -0.15) is 0 Å². The van der Waals surface area contributed by atoms with Crippen molar-refractivity contribution < 1.29 is 9.90 Å². The van der Waals surface area contributed by atoms with Gasteiger partial charge in [-0.15, -0.1) is 0 Å². The topological polar surface area (TPSA) is 63.3 Å². The van der Waals surface area contributed by atoms with Crippen LogP contribution >= 0.6 is 0 Å². The van der Waals surface area contributed by atoms with Gasteiger partial charge in [0.1, 0.15) is 0 Å². The molecule has 0 unspecified atom stereocenters. The maximum absolute atomic E-state index is 8.36. The van der Waals surface area contributed by atoms with E-state index in [0.717, 1.165) is 12.8 Å². The summed E-state index contributed by atoms with van der Waals surface area (Å²) in [6.07, 6.45) is 2.25. The maximum atomic E-state index is 8.36. The molecular formula is C16H17NO2. The first-order valence-electron chi connectivity index (χ1n) is 6.22. The lowest BCUT2D eigenvalue weighted by molar-refractivity contribution is -0.122. The Kier molecular flexibility index (Phi) is 3.97. The number of carbonyl (C=O) groups is 1. The summed E-state index contributed by atoms with van der Waals surface area (Å²) in [6, 6.07) is 19.1. The van der Waals surface area contributed by atoms with Crippen LogP contribution in [-0.2, 0) is 10.3 Å². The van der Waals surface area contributed by atoms with Crippen molar-refractivity contribution in [1.82, 2.24) is 0 Å². The maximum Gasteiger partial charge on any atom is 0.290 e. The lowest BCUT2D eigenvalue weighted by Gasteiger charge is -2.09. The van der Waals surface area contributed by atoms with E-state index in [9.17, 15) is 0 Å². The van der Waals surface area contributed by atoms with E-state index in [-0.39, 0.29) is 12.0 Å². The predicted molar refractivity (Wildman–Crippen MR) is 75.7 cm³/mol. The van der Waals surface area contributed by atoms with E-state index in [2.05, 4.69) is 48.5 Å². The fourth-order valence-corrected chi connectivity index (χ4v) is 2.05. The molecule has 0 heterocycles. The summed E-state index contributed by atoms with van der Waals surface area (Å²) >= 11 is 0. The monoisotopic (exact) mass is 255 g/mol. The largest absolute Gasteiger partial charge is 0.483 e. The number of hydrogen-bond donors (Lipinski definition) is 2. The minimum atomic E-state index is -0.250. The molecule has 0 radical (unpaired) electrons. The number of rotatable bonds is 2. The van der Waals surface area contributed by atoms with Crippen LogP contribution < -0.4 is 5.73 Å². The van der Waals surface area contributed by atoms with Gasteiger partial charge in [-0.05, 0) is 29.5 Å². The lowest BCUT2D eigenvalue weighted by atomic mass is 10.0. The van der Waals surface area contributed by atoms with Gasteiger partial charge in [0, 0.05) is 5.54 Å². The third-order valence-electron chi connectivity index (χ3n) is 3.36. The zero-order chi connectivity index (χ0) is 13.7. The average molecular weight is 255 g/mol. The third kappa shape index (κ3) is 3.20. The Balaban J connectivity index is 0.000000408. The van der Waals surface area contributed by atoms with Crippen molar-refractivity contribution in [3.8, 4) is 11.1 Å². The Morgan fingerprint density at radius 2 is 1.42 bits per heavy atom. The summed E-state index contributed by atoms with van der Waals surface area (Å²) in [4.78, 5) is 8.36. The third-order valence-corrected chi connectivity index (χ3v) is 3.36. The zero-order valence-corrected chi connectivity index (χ0v) is 10.6. The van der Waals surface area contributed by atoms with Crippen LogP contribution in [0.1, 0.15) is 18.4 Å². The van der Waals surface area contributed by atoms with Crippen LogP contribution in [0.3, 0.4) is 0 Å². The predicted octanol–water partition coefficient (Wildman–Crippen LogP) is 3.00. The minimum absolute atomic E-state index is 0.0186. The highest BCUT2D eigenvalue weighted by molar-refractivity contribution is 5.63. The van der Waals surface area contributed by atoms with Crippen molar-refractivity contribution in [1.29, 1.82) is 0 Å². The Morgan fingerprint density at radius 3 is 1.89 bits per heavy atom. The highest BCUT2D eigenvalue weighted by Gasteiger charge is 2.39. The second-order valence-electron chi connectivity index (χ2n) is 4.70. The molecule has 3 nitrogen and oxygen atoms in total. The Labute approximate surface area is 112 Å². The fourth-order valence-electron chi connectivity index (χ4n) is 2.05. The van der Waals surface area contributed by atoms with E-state index < -0.39 is 0 Å². The van der Waals surface area contributed by atoms with Crippen LogP contribution in [0.4, 0.5) is 0 Å². The van der Waals surface area contributed by atoms with Gasteiger partial charge in [0.15, 0.2) is 0 Å². The van der Waals surface area contributed by atoms with Crippen molar-refractivity contribution in [3.63, 3.8) is 0 Å². The van der Waals surface area contributed by atoms with Gasteiger partial charge in [0.05, 0.1) is 0 Å². The molecule has 19 heavy (non-hydrogen) atoms. The molecule has 98 valence electrons. The molecule has 0 amide bonds. The van der Waals surface area contributed by atoms with Crippen LogP contribution in [0.15, 0.2) is 54.6 Å². The molecule has 3 rings (SSSR count). The quantitative estimate of drug-likeness (QED) is 0.811. The molecule has 1 saturated carbocycles.